The molecule has 0 radical (unpaired) electrons. The van der Waals surface area contributed by atoms with Gasteiger partial charge in [-0.15, -0.1) is 0 Å². The van der Waals surface area contributed by atoms with Gasteiger partial charge in [0, 0.05) is 43.5 Å². The summed E-state index contributed by atoms with van der Waals surface area (Å²) in [7, 11) is 1.50. The van der Waals surface area contributed by atoms with Gasteiger partial charge in [-0.25, -0.2) is 14.5 Å². The largest absolute Gasteiger partial charge is 0.497 e. The molecular formula is C27H26ClF3N6O3. The van der Waals surface area contributed by atoms with Gasteiger partial charge in [-0.1, -0.05) is 17.7 Å². The van der Waals surface area contributed by atoms with E-state index in [0.29, 0.717) is 47.2 Å². The fourth-order valence-corrected chi connectivity index (χ4v) is 5.12. The fraction of sp³-hybridized carbons (Fsp3) is 0.333. The Kier molecular flexibility index (Phi) is 7.67. The van der Waals surface area contributed by atoms with Crippen molar-refractivity contribution in [3.63, 3.8) is 0 Å². The Morgan fingerprint density at radius 1 is 1.10 bits per heavy atom. The first-order valence-corrected chi connectivity index (χ1v) is 12.9. The third-order valence-corrected chi connectivity index (χ3v) is 7.32. The second-order valence-corrected chi connectivity index (χ2v) is 9.78. The van der Waals surface area contributed by atoms with Crippen LogP contribution in [0.5, 0.6) is 5.75 Å². The number of halogens is 4. The number of piperazine rings is 1. The molecule has 1 aliphatic heterocycles. The number of aromatic nitrogens is 4. The smallest absolute Gasteiger partial charge is 0.433 e. The summed E-state index contributed by atoms with van der Waals surface area (Å²) in [5.74, 6) is 0.0853. The first-order valence-electron chi connectivity index (χ1n) is 12.5. The second kappa shape index (κ2) is 11.0. The number of amides is 1. The van der Waals surface area contributed by atoms with Gasteiger partial charge < -0.3 is 14.7 Å². The van der Waals surface area contributed by atoms with Crippen LogP contribution in [0.3, 0.4) is 0 Å². The zero-order chi connectivity index (χ0) is 28.6. The molecule has 1 N–H and O–H groups in total. The number of hydrogen-bond donors (Lipinski definition) is 1. The molecule has 5 rings (SSSR count). The molecule has 0 saturated carbocycles. The molecular weight excluding hydrogens is 549 g/mol. The lowest BCUT2D eigenvalue weighted by Crippen LogP contribution is -2.50. The molecule has 3 aromatic heterocycles. The van der Waals surface area contributed by atoms with Gasteiger partial charge >= 0.3 is 6.18 Å². The predicted octanol–water partition coefficient (Wildman–Crippen LogP) is 4.27. The molecule has 1 atom stereocenters. The highest BCUT2D eigenvalue weighted by Crippen LogP contribution is 2.37. The summed E-state index contributed by atoms with van der Waals surface area (Å²) in [5.41, 5.74) is 0.0585. The van der Waals surface area contributed by atoms with E-state index < -0.39 is 17.8 Å². The number of methoxy groups -OCH3 is 1. The van der Waals surface area contributed by atoms with E-state index in [-0.39, 0.29) is 35.1 Å². The zero-order valence-electron chi connectivity index (χ0n) is 21.7. The Morgan fingerprint density at radius 3 is 2.38 bits per heavy atom. The van der Waals surface area contributed by atoms with E-state index in [9.17, 15) is 23.1 Å². The fourth-order valence-electron chi connectivity index (χ4n) is 5.01. The topological polar surface area (TPSA) is 96.1 Å². The van der Waals surface area contributed by atoms with Crippen LogP contribution in [0.4, 0.5) is 13.2 Å². The summed E-state index contributed by atoms with van der Waals surface area (Å²) >= 11 is 5.88. The lowest BCUT2D eigenvalue weighted by molar-refractivity contribution is -0.143. The molecule has 1 amide bonds. The van der Waals surface area contributed by atoms with Crippen molar-refractivity contribution in [2.75, 3.05) is 39.9 Å². The van der Waals surface area contributed by atoms with Crippen LogP contribution in [0.1, 0.15) is 33.2 Å². The lowest BCUT2D eigenvalue weighted by Gasteiger charge is -2.38. The summed E-state index contributed by atoms with van der Waals surface area (Å²) in [4.78, 5) is 25.7. The number of fused-ring (bicyclic) bond motifs is 1. The number of carbonyl (C=O) groups excluding carboxylic acids is 1. The van der Waals surface area contributed by atoms with Gasteiger partial charge in [-0.3, -0.25) is 9.69 Å². The van der Waals surface area contributed by atoms with Crippen LogP contribution in [0.15, 0.2) is 48.8 Å². The van der Waals surface area contributed by atoms with Crippen molar-refractivity contribution in [2.45, 2.75) is 19.1 Å². The summed E-state index contributed by atoms with van der Waals surface area (Å²) < 4.78 is 48.5. The Morgan fingerprint density at radius 2 is 1.80 bits per heavy atom. The van der Waals surface area contributed by atoms with Crippen LogP contribution in [-0.2, 0) is 6.18 Å². The summed E-state index contributed by atoms with van der Waals surface area (Å²) in [6, 6.07) is 9.62. The molecule has 210 valence electrons. The second-order valence-electron chi connectivity index (χ2n) is 9.39. The maximum atomic E-state index is 14.2. The maximum Gasteiger partial charge on any atom is 0.433 e. The number of aliphatic hydroxyl groups is 1. The number of aliphatic hydroxyl groups excluding tert-OH is 1. The quantitative estimate of drug-likeness (QED) is 0.344. The van der Waals surface area contributed by atoms with E-state index in [4.69, 9.17) is 16.3 Å². The molecule has 0 spiro atoms. The van der Waals surface area contributed by atoms with Crippen molar-refractivity contribution in [2.24, 2.45) is 0 Å². The Bertz CT molecular complexity index is 1520. The van der Waals surface area contributed by atoms with E-state index in [0.717, 1.165) is 11.8 Å². The number of hydrogen-bond acceptors (Lipinski definition) is 7. The van der Waals surface area contributed by atoms with E-state index in [1.54, 1.807) is 47.5 Å². The van der Waals surface area contributed by atoms with Crippen molar-refractivity contribution in [3.05, 3.63) is 76.3 Å². The Hall–Kier alpha value is -3.74. The molecule has 0 aliphatic carbocycles. The average molecular weight is 575 g/mol. The van der Waals surface area contributed by atoms with Gasteiger partial charge in [0.2, 0.25) is 0 Å². The molecule has 4 heterocycles. The minimum Gasteiger partial charge on any atom is -0.497 e. The Balaban J connectivity index is 1.45. The summed E-state index contributed by atoms with van der Waals surface area (Å²) in [5, 5.41) is 14.3. The SMILES string of the molecule is COc1ccc(-c2nc3c(C(=O)N4CCN([C@@H](CO)c5ccc(Cl)nc5)CC4)cnn3c(C(F)(F)F)c2C)cc1. The van der Waals surface area contributed by atoms with Gasteiger partial charge in [0.1, 0.15) is 16.5 Å². The molecule has 4 aromatic rings. The number of alkyl halides is 3. The normalized spacial score (nSPS) is 15.4. The van der Waals surface area contributed by atoms with Crippen molar-refractivity contribution in [1.82, 2.24) is 29.4 Å². The van der Waals surface area contributed by atoms with Crippen molar-refractivity contribution >= 4 is 23.2 Å². The van der Waals surface area contributed by atoms with Gasteiger partial charge in [0.25, 0.3) is 5.91 Å². The number of ether oxygens (including phenoxy) is 1. The minimum atomic E-state index is -4.74. The van der Waals surface area contributed by atoms with Crippen molar-refractivity contribution in [3.8, 4) is 17.0 Å². The van der Waals surface area contributed by atoms with Crippen LogP contribution in [0, 0.1) is 6.92 Å². The molecule has 0 unspecified atom stereocenters. The molecule has 13 heteroatoms. The van der Waals surface area contributed by atoms with Crippen LogP contribution in [0.2, 0.25) is 5.15 Å². The van der Waals surface area contributed by atoms with Crippen LogP contribution < -0.4 is 4.74 Å². The number of pyridine rings is 1. The highest BCUT2D eigenvalue weighted by molar-refractivity contribution is 6.29. The first kappa shape index (κ1) is 27.8. The van der Waals surface area contributed by atoms with Gasteiger partial charge in [-0.05, 0) is 42.8 Å². The van der Waals surface area contributed by atoms with Gasteiger partial charge in [0.05, 0.1) is 31.6 Å². The Labute approximate surface area is 232 Å². The van der Waals surface area contributed by atoms with E-state index in [1.807, 2.05) is 4.90 Å². The van der Waals surface area contributed by atoms with Gasteiger partial charge in [-0.2, -0.15) is 18.3 Å². The standard InChI is InChI=1S/C27H26ClF3N6O3/c1-16-23(17-3-6-19(40-2)7-4-17)34-25-20(14-33-37(25)24(16)27(29,30)31)26(39)36-11-9-35(10-12-36)21(15-38)18-5-8-22(28)32-13-18/h3-8,13-14,21,38H,9-12,15H2,1-2H3/t21-/m0/s1. The third kappa shape index (κ3) is 5.21. The van der Waals surface area contributed by atoms with Gasteiger partial charge in [0.15, 0.2) is 11.3 Å². The molecule has 40 heavy (non-hydrogen) atoms. The van der Waals surface area contributed by atoms with Crippen LogP contribution >= 0.6 is 11.6 Å². The number of rotatable bonds is 6. The van der Waals surface area contributed by atoms with Crippen LogP contribution in [0.25, 0.3) is 16.9 Å². The molecule has 1 aromatic carbocycles. The first-order chi connectivity index (χ1) is 19.1. The molecule has 1 saturated heterocycles. The maximum absolute atomic E-state index is 14.2. The molecule has 1 aliphatic rings. The van der Waals surface area contributed by atoms with E-state index in [1.165, 1.54) is 14.0 Å². The molecule has 1 fully saturated rings. The average Bonchev–Trinajstić information content (AvgIpc) is 3.36. The molecule has 0 bridgehead atoms. The van der Waals surface area contributed by atoms with E-state index >= 15 is 0 Å². The lowest BCUT2D eigenvalue weighted by atomic mass is 10.0. The minimum absolute atomic E-state index is 0.0191. The predicted molar refractivity (Wildman–Crippen MR) is 141 cm³/mol. The van der Waals surface area contributed by atoms with Crippen molar-refractivity contribution < 1.29 is 27.8 Å². The summed E-state index contributed by atoms with van der Waals surface area (Å²) in [6.45, 7) is 2.68. The van der Waals surface area contributed by atoms with E-state index in [2.05, 4.69) is 15.1 Å². The van der Waals surface area contributed by atoms with Crippen LogP contribution in [-0.4, -0.2) is 80.3 Å². The molecule has 9 nitrogen and oxygen atoms in total. The highest BCUT2D eigenvalue weighted by Gasteiger charge is 2.39. The monoisotopic (exact) mass is 574 g/mol. The number of benzene rings is 1. The van der Waals surface area contributed by atoms with Crippen molar-refractivity contribution in [1.29, 1.82) is 0 Å². The summed E-state index contributed by atoms with van der Waals surface area (Å²) in [6.07, 6.45) is -1.99. The number of nitrogens with zero attached hydrogens (tertiary/aromatic N) is 6. The number of carbonyl (C=O) groups is 1. The third-order valence-electron chi connectivity index (χ3n) is 7.10. The highest BCUT2D eigenvalue weighted by atomic mass is 35.5. The zero-order valence-corrected chi connectivity index (χ0v) is 22.4.